The van der Waals surface area contributed by atoms with E-state index in [1.165, 1.54) is 6.07 Å². The number of aromatic carboxylic acids is 1. The van der Waals surface area contributed by atoms with Crippen molar-refractivity contribution < 1.29 is 28.5 Å². The number of para-hydroxylation sites is 1. The molecule has 0 bridgehead atoms. The number of halogens is 2. The highest BCUT2D eigenvalue weighted by molar-refractivity contribution is 6.30. The maximum absolute atomic E-state index is 14.8. The van der Waals surface area contributed by atoms with E-state index in [0.717, 1.165) is 55.9 Å². The molecule has 0 aliphatic carbocycles. The normalized spacial score (nSPS) is 22.4. The second-order valence-corrected chi connectivity index (χ2v) is 11.9. The molecular weight excluding hydrogens is 561 g/mol. The Bertz CT molecular complexity index is 1680. The minimum atomic E-state index is -1.28. The molecule has 4 aromatic rings. The molecule has 1 aromatic heterocycles. The van der Waals surface area contributed by atoms with Gasteiger partial charge in [-0.1, -0.05) is 23.7 Å². The van der Waals surface area contributed by atoms with Crippen molar-refractivity contribution in [3.05, 3.63) is 88.0 Å². The minimum Gasteiger partial charge on any atom is -0.478 e. The molecule has 1 unspecified atom stereocenters. The number of likely N-dealkylation sites (tertiary alicyclic amines) is 1. The molecule has 3 aliphatic heterocycles. The van der Waals surface area contributed by atoms with Crippen molar-refractivity contribution in [3.8, 4) is 11.5 Å². The van der Waals surface area contributed by atoms with Gasteiger partial charge >= 0.3 is 5.97 Å². The number of carbonyl (C=O) groups is 1. The first-order valence-corrected chi connectivity index (χ1v) is 14.7. The van der Waals surface area contributed by atoms with Crippen LogP contribution in [0.15, 0.2) is 54.6 Å². The number of hydrogen-bond acceptors (Lipinski definition) is 6. The molecular formula is C32H31ClFN3O5. The number of aromatic nitrogens is 2. The molecule has 3 aromatic carbocycles. The lowest BCUT2D eigenvalue weighted by Crippen LogP contribution is -2.35. The molecule has 0 amide bonds. The number of hydrogen-bond donors (Lipinski definition) is 1. The maximum Gasteiger partial charge on any atom is 0.335 e. The van der Waals surface area contributed by atoms with Crippen LogP contribution in [0.1, 0.15) is 59.4 Å². The predicted molar refractivity (Wildman–Crippen MR) is 155 cm³/mol. The van der Waals surface area contributed by atoms with Gasteiger partial charge in [-0.25, -0.2) is 14.2 Å². The van der Waals surface area contributed by atoms with E-state index in [1.54, 1.807) is 31.2 Å². The number of carboxylic acids is 1. The molecule has 7 rings (SSSR count). The van der Waals surface area contributed by atoms with Gasteiger partial charge in [-0.15, -0.1) is 0 Å². The zero-order chi connectivity index (χ0) is 29.0. The van der Waals surface area contributed by atoms with E-state index >= 15 is 0 Å². The third kappa shape index (κ3) is 4.89. The van der Waals surface area contributed by atoms with Crippen molar-refractivity contribution in [1.82, 2.24) is 14.5 Å². The van der Waals surface area contributed by atoms with Gasteiger partial charge in [0.1, 0.15) is 11.6 Å². The van der Waals surface area contributed by atoms with Gasteiger partial charge in [0.05, 0.1) is 41.4 Å². The number of fused-ring (bicyclic) bond motifs is 2. The Kier molecular flexibility index (Phi) is 6.84. The molecule has 4 heterocycles. The Morgan fingerprint density at radius 2 is 1.93 bits per heavy atom. The molecule has 10 heteroatoms. The predicted octanol–water partition coefficient (Wildman–Crippen LogP) is 6.34. The summed E-state index contributed by atoms with van der Waals surface area (Å²) in [6.07, 6.45) is 3.00. The Morgan fingerprint density at radius 3 is 2.64 bits per heavy atom. The molecule has 0 saturated carbocycles. The first kappa shape index (κ1) is 27.2. The monoisotopic (exact) mass is 591 g/mol. The molecule has 42 heavy (non-hydrogen) atoms. The van der Waals surface area contributed by atoms with E-state index in [2.05, 4.69) is 15.5 Å². The molecule has 2 atom stereocenters. The van der Waals surface area contributed by atoms with E-state index in [1.807, 2.05) is 18.2 Å². The highest BCUT2D eigenvalue weighted by Crippen LogP contribution is 2.49. The molecule has 2 saturated heterocycles. The van der Waals surface area contributed by atoms with Gasteiger partial charge in [0.25, 0.3) is 5.79 Å². The van der Waals surface area contributed by atoms with Crippen LogP contribution in [0.2, 0.25) is 5.02 Å². The lowest BCUT2D eigenvalue weighted by molar-refractivity contribution is -0.0712. The van der Waals surface area contributed by atoms with Gasteiger partial charge in [-0.2, -0.15) is 0 Å². The van der Waals surface area contributed by atoms with Crippen LogP contribution in [-0.4, -0.2) is 51.3 Å². The summed E-state index contributed by atoms with van der Waals surface area (Å²) in [5.74, 6) is -0.252. The first-order chi connectivity index (χ1) is 20.3. The maximum atomic E-state index is 14.8. The zero-order valence-corrected chi connectivity index (χ0v) is 23.9. The summed E-state index contributed by atoms with van der Waals surface area (Å²) in [6.45, 7) is 5.59. The van der Waals surface area contributed by atoms with Crippen LogP contribution in [0.3, 0.4) is 0 Å². The molecule has 0 radical (unpaired) electrons. The zero-order valence-electron chi connectivity index (χ0n) is 23.2. The quantitative estimate of drug-likeness (QED) is 0.268. The highest BCUT2D eigenvalue weighted by Gasteiger charge is 2.43. The molecule has 0 spiro atoms. The fraction of sp³-hybridized carbons (Fsp3) is 0.375. The van der Waals surface area contributed by atoms with Crippen molar-refractivity contribution >= 4 is 28.6 Å². The summed E-state index contributed by atoms with van der Waals surface area (Å²) in [7, 11) is 0. The van der Waals surface area contributed by atoms with Gasteiger partial charge in [0, 0.05) is 24.1 Å². The Hall–Kier alpha value is -3.66. The summed E-state index contributed by atoms with van der Waals surface area (Å²) < 4.78 is 35.2. The fourth-order valence-electron chi connectivity index (χ4n) is 6.31. The molecule has 1 N–H and O–H groups in total. The molecule has 218 valence electrons. The number of nitrogens with zero attached hydrogens (tertiary/aromatic N) is 3. The van der Waals surface area contributed by atoms with E-state index in [4.69, 9.17) is 30.8 Å². The minimum absolute atomic E-state index is 0.153. The number of benzene rings is 3. The number of rotatable bonds is 7. The topological polar surface area (TPSA) is 86.1 Å². The largest absolute Gasteiger partial charge is 0.478 e. The lowest BCUT2D eigenvalue weighted by Gasteiger charge is -2.33. The summed E-state index contributed by atoms with van der Waals surface area (Å²) in [5, 5.41) is 9.78. The van der Waals surface area contributed by atoms with Crippen LogP contribution in [-0.2, 0) is 23.6 Å². The summed E-state index contributed by atoms with van der Waals surface area (Å²) in [5.41, 5.74) is 3.22. The van der Waals surface area contributed by atoms with Crippen LogP contribution in [0, 0.1) is 5.82 Å². The Morgan fingerprint density at radius 1 is 1.12 bits per heavy atom. The van der Waals surface area contributed by atoms with Gasteiger partial charge in [-0.3, -0.25) is 4.90 Å². The average Bonchev–Trinajstić information content (AvgIpc) is 3.47. The molecule has 3 aliphatic rings. The van der Waals surface area contributed by atoms with Crippen molar-refractivity contribution in [3.63, 3.8) is 0 Å². The Labute approximate surface area is 247 Å². The number of imidazole rings is 1. The smallest absolute Gasteiger partial charge is 0.335 e. The molecule has 2 fully saturated rings. The fourth-order valence-corrected chi connectivity index (χ4v) is 6.47. The SMILES string of the molecule is CC1(c2ccc(Cl)cc2F)Oc2cccc(C3CCN(Cc4nc5cc(C(=O)O)ccc5n4C[C@@H]4CCO4)CC3)c2O1. The third-order valence-corrected chi connectivity index (χ3v) is 8.91. The third-order valence-electron chi connectivity index (χ3n) is 8.68. The summed E-state index contributed by atoms with van der Waals surface area (Å²) in [4.78, 5) is 18.8. The van der Waals surface area contributed by atoms with Crippen molar-refractivity contribution in [2.45, 2.75) is 57.1 Å². The van der Waals surface area contributed by atoms with Gasteiger partial charge < -0.3 is 23.9 Å². The van der Waals surface area contributed by atoms with E-state index < -0.39 is 17.6 Å². The van der Waals surface area contributed by atoms with Gasteiger partial charge in [0.15, 0.2) is 11.5 Å². The van der Waals surface area contributed by atoms with Crippen LogP contribution in [0.25, 0.3) is 11.0 Å². The first-order valence-electron chi connectivity index (χ1n) is 14.3. The van der Waals surface area contributed by atoms with E-state index in [0.29, 0.717) is 40.7 Å². The number of carboxylic acid groups (broad SMARTS) is 1. The standard InChI is InChI=1S/C32H31ClFN3O5/c1-32(24-7-6-21(33)16-25(24)34)41-28-4-2-3-23(30(28)42-32)19-9-12-36(13-10-19)18-29-35-26-15-20(31(38)39)5-8-27(26)37(29)17-22-11-14-40-22/h2-8,15-16,19,22H,9-14,17-18H2,1H3,(H,38,39)/t22-,32?/m0/s1. The van der Waals surface area contributed by atoms with E-state index in [-0.39, 0.29) is 17.6 Å². The van der Waals surface area contributed by atoms with Gasteiger partial charge in [-0.05, 0) is 80.7 Å². The molecule has 8 nitrogen and oxygen atoms in total. The second kappa shape index (κ2) is 10.6. The van der Waals surface area contributed by atoms with Crippen molar-refractivity contribution in [1.29, 1.82) is 0 Å². The van der Waals surface area contributed by atoms with Crippen LogP contribution >= 0.6 is 11.6 Å². The lowest BCUT2D eigenvalue weighted by atomic mass is 9.88. The number of piperidine rings is 1. The van der Waals surface area contributed by atoms with Crippen molar-refractivity contribution in [2.75, 3.05) is 19.7 Å². The van der Waals surface area contributed by atoms with Gasteiger partial charge in [0.2, 0.25) is 0 Å². The van der Waals surface area contributed by atoms with Crippen LogP contribution in [0.5, 0.6) is 11.5 Å². The van der Waals surface area contributed by atoms with Crippen LogP contribution < -0.4 is 9.47 Å². The average molecular weight is 592 g/mol. The van der Waals surface area contributed by atoms with E-state index in [9.17, 15) is 14.3 Å². The van der Waals surface area contributed by atoms with Crippen molar-refractivity contribution in [2.24, 2.45) is 0 Å². The summed E-state index contributed by atoms with van der Waals surface area (Å²) in [6, 6.07) is 15.5. The van der Waals surface area contributed by atoms with Crippen LogP contribution in [0.4, 0.5) is 4.39 Å². The highest BCUT2D eigenvalue weighted by atomic mass is 35.5. The number of ether oxygens (including phenoxy) is 3. The Balaban J connectivity index is 1.08. The summed E-state index contributed by atoms with van der Waals surface area (Å²) >= 11 is 5.97. The second-order valence-electron chi connectivity index (χ2n) is 11.4.